The normalized spacial score (nSPS) is 11.9. The summed E-state index contributed by atoms with van der Waals surface area (Å²) in [4.78, 5) is 3.30. The number of anilines is 6. The molecule has 0 N–H and O–H groups in total. The molecule has 0 saturated carbocycles. The number of para-hydroxylation sites is 4. The number of furan rings is 1. The van der Waals surface area contributed by atoms with Gasteiger partial charge in [0.25, 0.3) is 0 Å². The van der Waals surface area contributed by atoms with E-state index in [0.717, 1.165) is 10.9 Å². The Morgan fingerprint density at radius 1 is 0.708 bits per heavy atom. The number of halogens is 3. The van der Waals surface area contributed by atoms with Crippen LogP contribution in [0.25, 0.3) is 23.1 Å². The number of rotatable bonds is 10. The van der Waals surface area contributed by atoms with Gasteiger partial charge in [0, 0.05) is 33.7 Å². The van der Waals surface area contributed by atoms with Crippen LogP contribution in [0.15, 0.2) is 144 Å². The molecule has 0 unspecified atom stereocenters. The van der Waals surface area contributed by atoms with Crippen molar-refractivity contribution in [3.8, 4) is 5.75 Å². The largest absolute Gasteiger partial charge is 0.534 e. The van der Waals surface area contributed by atoms with Crippen molar-refractivity contribution >= 4 is 67.4 Å². The maximum atomic E-state index is 14.0. The summed E-state index contributed by atoms with van der Waals surface area (Å²) < 4.78 is 78.9. The van der Waals surface area contributed by atoms with Crippen molar-refractivity contribution in [2.75, 3.05) is 9.80 Å². The number of hydrogen-bond acceptors (Lipinski definition) is 6. The van der Waals surface area contributed by atoms with Gasteiger partial charge in [0.15, 0.2) is 5.75 Å². The molecule has 0 aliphatic carbocycles. The van der Waals surface area contributed by atoms with Gasteiger partial charge in [-0.1, -0.05) is 79.4 Å². The smallest absolute Gasteiger partial charge is 0.456 e. The fraction of sp³-hybridized carbons (Fsp3) is 0.0526. The average Bonchev–Trinajstić information content (AvgIpc) is 3.44. The fourth-order valence-corrected chi connectivity index (χ4v) is 5.93. The number of fused-ring (bicyclic) bond motifs is 1. The van der Waals surface area contributed by atoms with Gasteiger partial charge in [0.05, 0.1) is 11.4 Å². The van der Waals surface area contributed by atoms with Crippen LogP contribution in [-0.2, 0) is 10.1 Å². The Morgan fingerprint density at radius 3 is 1.67 bits per heavy atom. The van der Waals surface area contributed by atoms with Gasteiger partial charge in [-0.25, -0.2) is 0 Å². The highest BCUT2D eigenvalue weighted by Crippen LogP contribution is 2.50. The van der Waals surface area contributed by atoms with Crippen LogP contribution in [0, 0.1) is 0 Å². The van der Waals surface area contributed by atoms with Crippen molar-refractivity contribution in [2.45, 2.75) is 12.4 Å². The van der Waals surface area contributed by atoms with Crippen LogP contribution in [0.3, 0.4) is 0 Å². The van der Waals surface area contributed by atoms with Crippen molar-refractivity contribution in [3.63, 3.8) is 0 Å². The molecular weight excluding hydrogens is 637 g/mol. The fourth-order valence-electron chi connectivity index (χ4n) is 5.45. The van der Waals surface area contributed by atoms with E-state index in [0.29, 0.717) is 34.1 Å². The maximum Gasteiger partial charge on any atom is 0.534 e. The van der Waals surface area contributed by atoms with Crippen molar-refractivity contribution in [3.05, 3.63) is 151 Å². The molecule has 6 rings (SSSR count). The molecule has 0 aliphatic heterocycles. The molecule has 0 bridgehead atoms. The van der Waals surface area contributed by atoms with Gasteiger partial charge < -0.3 is 18.4 Å². The van der Waals surface area contributed by atoms with Crippen LogP contribution in [0.5, 0.6) is 5.75 Å². The van der Waals surface area contributed by atoms with Crippen molar-refractivity contribution in [1.82, 2.24) is 0 Å². The first-order valence-electron chi connectivity index (χ1n) is 14.8. The van der Waals surface area contributed by atoms with E-state index in [9.17, 15) is 21.6 Å². The Kier molecular flexibility index (Phi) is 8.84. The van der Waals surface area contributed by atoms with Crippen LogP contribution < -0.4 is 14.0 Å². The van der Waals surface area contributed by atoms with Gasteiger partial charge in [-0.2, -0.15) is 21.6 Å². The minimum Gasteiger partial charge on any atom is -0.456 e. The number of allylic oxidation sites excluding steroid dienone is 1. The zero-order chi connectivity index (χ0) is 33.9. The van der Waals surface area contributed by atoms with Crippen molar-refractivity contribution < 1.29 is 30.2 Å². The lowest BCUT2D eigenvalue weighted by atomic mass is 10.1. The predicted molar refractivity (Wildman–Crippen MR) is 186 cm³/mol. The van der Waals surface area contributed by atoms with E-state index in [1.807, 2.05) is 25.1 Å². The Hall–Kier alpha value is -5.74. The number of alkyl halides is 3. The Labute approximate surface area is 276 Å². The third-order valence-corrected chi connectivity index (χ3v) is 8.44. The molecule has 0 saturated heterocycles. The van der Waals surface area contributed by atoms with E-state index in [2.05, 4.69) is 6.58 Å². The number of hydrogen-bond donors (Lipinski definition) is 0. The average molecular weight is 667 g/mol. The standard InChI is InChI=1S/C38H29F3N2O4S/c1-3-15-31-32-26-30(24-25-36(32)46-35(31)4-2)43(29-20-12-7-13-21-29)34-23-14-22-33(37(34)47-48(44,45)38(39,40)41)42(27-16-8-5-9-17-27)28-18-10-6-11-19-28/h3-26H,2H2,1H3/b15-3-. The summed E-state index contributed by atoms with van der Waals surface area (Å²) in [6.07, 6.45) is 5.34. The highest BCUT2D eigenvalue weighted by atomic mass is 32.2. The molecule has 0 aliphatic rings. The molecule has 1 aromatic heterocycles. The molecule has 5 aromatic carbocycles. The zero-order valence-corrected chi connectivity index (χ0v) is 26.4. The van der Waals surface area contributed by atoms with Crippen LogP contribution >= 0.6 is 0 Å². The molecule has 0 radical (unpaired) electrons. The molecule has 0 fully saturated rings. The summed E-state index contributed by atoms with van der Waals surface area (Å²) in [5.41, 5.74) is -2.09. The summed E-state index contributed by atoms with van der Waals surface area (Å²) in [6.45, 7) is 5.72. The predicted octanol–water partition coefficient (Wildman–Crippen LogP) is 11.3. The van der Waals surface area contributed by atoms with Crippen LogP contribution in [0.4, 0.5) is 47.3 Å². The Morgan fingerprint density at radius 2 is 1.21 bits per heavy atom. The lowest BCUT2D eigenvalue weighted by Crippen LogP contribution is -2.29. The minimum atomic E-state index is -6.13. The topological polar surface area (TPSA) is 63.0 Å². The van der Waals surface area contributed by atoms with Crippen molar-refractivity contribution in [1.29, 1.82) is 0 Å². The summed E-state index contributed by atoms with van der Waals surface area (Å²) >= 11 is 0. The summed E-state index contributed by atoms with van der Waals surface area (Å²) in [7, 11) is -6.13. The summed E-state index contributed by atoms with van der Waals surface area (Å²) in [6, 6.07) is 36.7. The van der Waals surface area contributed by atoms with Gasteiger partial charge in [-0.3, -0.25) is 0 Å². The van der Waals surface area contributed by atoms with E-state index in [1.54, 1.807) is 125 Å². The maximum absolute atomic E-state index is 14.0. The summed E-state index contributed by atoms with van der Waals surface area (Å²) in [5.74, 6) is 0.0225. The van der Waals surface area contributed by atoms with E-state index in [4.69, 9.17) is 8.60 Å². The third-order valence-electron chi connectivity index (χ3n) is 7.49. The van der Waals surface area contributed by atoms with Gasteiger partial charge in [0.1, 0.15) is 11.3 Å². The first kappa shape index (κ1) is 32.2. The molecule has 242 valence electrons. The molecule has 0 spiro atoms. The zero-order valence-electron chi connectivity index (χ0n) is 25.6. The molecule has 1 heterocycles. The molecule has 10 heteroatoms. The lowest BCUT2D eigenvalue weighted by Gasteiger charge is -2.32. The minimum absolute atomic E-state index is 0.0442. The van der Waals surface area contributed by atoms with Crippen LogP contribution in [-0.4, -0.2) is 13.9 Å². The van der Waals surface area contributed by atoms with Gasteiger partial charge in [-0.05, 0) is 79.7 Å². The second kappa shape index (κ2) is 13.2. The molecular formula is C38H29F3N2O4S. The quantitative estimate of drug-likeness (QED) is 0.107. The van der Waals surface area contributed by atoms with E-state index >= 15 is 0 Å². The lowest BCUT2D eigenvalue weighted by molar-refractivity contribution is -0.0499. The Bertz CT molecular complexity index is 2160. The first-order chi connectivity index (χ1) is 23.1. The molecule has 48 heavy (non-hydrogen) atoms. The molecule has 6 nitrogen and oxygen atoms in total. The van der Waals surface area contributed by atoms with Gasteiger partial charge in [0.2, 0.25) is 0 Å². The highest BCUT2D eigenvalue weighted by molar-refractivity contribution is 7.88. The number of benzene rings is 5. The monoisotopic (exact) mass is 666 g/mol. The highest BCUT2D eigenvalue weighted by Gasteiger charge is 2.49. The first-order valence-corrected chi connectivity index (χ1v) is 16.2. The van der Waals surface area contributed by atoms with Gasteiger partial charge in [-0.15, -0.1) is 0 Å². The number of nitrogens with zero attached hydrogens (tertiary/aromatic N) is 2. The molecule has 0 atom stereocenters. The van der Waals surface area contributed by atoms with E-state index < -0.39 is 21.4 Å². The summed E-state index contributed by atoms with van der Waals surface area (Å²) in [5, 5.41) is 0.721. The Balaban J connectivity index is 1.68. The second-order valence-corrected chi connectivity index (χ2v) is 12.1. The second-order valence-electron chi connectivity index (χ2n) is 10.6. The third kappa shape index (κ3) is 6.17. The SMILES string of the molecule is C=Cc1oc2ccc(N(c3ccccc3)c3cccc(N(c4ccccc4)c4ccccc4)c3OS(=O)(=O)C(F)(F)F)cc2c1/C=C\C. The van der Waals surface area contributed by atoms with Gasteiger partial charge >= 0.3 is 15.6 Å². The van der Waals surface area contributed by atoms with Crippen molar-refractivity contribution in [2.24, 2.45) is 0 Å². The van der Waals surface area contributed by atoms with E-state index in [-0.39, 0.29) is 11.4 Å². The van der Waals surface area contributed by atoms with E-state index in [1.165, 1.54) is 12.1 Å². The van der Waals surface area contributed by atoms with Crippen LogP contribution in [0.1, 0.15) is 18.2 Å². The molecule has 0 amide bonds. The molecule has 6 aromatic rings. The van der Waals surface area contributed by atoms with Crippen LogP contribution in [0.2, 0.25) is 0 Å².